The van der Waals surface area contributed by atoms with Crippen molar-refractivity contribution in [3.63, 3.8) is 0 Å². The predicted molar refractivity (Wildman–Crippen MR) is 83.4 cm³/mol. The van der Waals surface area contributed by atoms with Crippen LogP contribution >= 0.6 is 23.5 Å². The van der Waals surface area contributed by atoms with Crippen LogP contribution in [-0.2, 0) is 0 Å². The molecule has 1 rings (SSSR count). The molecular weight excluding hydrogens is 248 g/mol. The summed E-state index contributed by atoms with van der Waals surface area (Å²) in [5, 5.41) is 4.76. The van der Waals surface area contributed by atoms with Crippen LogP contribution in [0.3, 0.4) is 0 Å². The summed E-state index contributed by atoms with van der Waals surface area (Å²) in [5.74, 6) is 2.50. The molecule has 1 heterocycles. The van der Waals surface area contributed by atoms with Crippen LogP contribution < -0.4 is 5.32 Å². The Kier molecular flexibility index (Phi) is 7.44. The topological polar surface area (TPSA) is 24.4 Å². The van der Waals surface area contributed by atoms with Crippen molar-refractivity contribution in [1.29, 1.82) is 0 Å². The molecule has 0 bridgehead atoms. The van der Waals surface area contributed by atoms with Crippen LogP contribution in [0.25, 0.3) is 0 Å². The van der Waals surface area contributed by atoms with Crippen LogP contribution in [-0.4, -0.2) is 35.0 Å². The lowest BCUT2D eigenvalue weighted by molar-refractivity contribution is 0.390. The number of aliphatic imine (C=N–C) groups is 1. The molecule has 1 N–H and O–H groups in total. The number of nitrogens with zero attached hydrogens (tertiary/aromatic N) is 1. The van der Waals surface area contributed by atoms with Crippen molar-refractivity contribution < 1.29 is 0 Å². The van der Waals surface area contributed by atoms with Gasteiger partial charge in [0.15, 0.2) is 5.17 Å². The molecule has 1 unspecified atom stereocenters. The molecule has 1 atom stereocenters. The van der Waals surface area contributed by atoms with Gasteiger partial charge in [0, 0.05) is 17.8 Å². The maximum Gasteiger partial charge on any atom is 0.156 e. The van der Waals surface area contributed by atoms with E-state index >= 15 is 0 Å². The van der Waals surface area contributed by atoms with Gasteiger partial charge in [-0.05, 0) is 44.6 Å². The van der Waals surface area contributed by atoms with E-state index in [-0.39, 0.29) is 5.54 Å². The first kappa shape index (κ1) is 15.2. The molecule has 1 aliphatic rings. The normalized spacial score (nSPS) is 27.1. The molecule has 1 fully saturated rings. The van der Waals surface area contributed by atoms with Crippen LogP contribution in [0.15, 0.2) is 4.99 Å². The highest BCUT2D eigenvalue weighted by atomic mass is 32.2. The molecule has 17 heavy (non-hydrogen) atoms. The third kappa shape index (κ3) is 6.05. The highest BCUT2D eigenvalue weighted by Gasteiger charge is 2.27. The van der Waals surface area contributed by atoms with Crippen LogP contribution in [0.1, 0.15) is 46.0 Å². The maximum atomic E-state index is 4.69. The molecule has 0 amide bonds. The number of hydrogen-bond donors (Lipinski definition) is 1. The van der Waals surface area contributed by atoms with Crippen molar-refractivity contribution in [2.24, 2.45) is 4.99 Å². The van der Waals surface area contributed by atoms with E-state index in [0.717, 1.165) is 6.54 Å². The molecule has 100 valence electrons. The summed E-state index contributed by atoms with van der Waals surface area (Å²) in [6.45, 7) is 5.55. The van der Waals surface area contributed by atoms with E-state index in [4.69, 9.17) is 0 Å². The van der Waals surface area contributed by atoms with Crippen molar-refractivity contribution >= 4 is 28.7 Å². The zero-order valence-corrected chi connectivity index (χ0v) is 13.1. The summed E-state index contributed by atoms with van der Waals surface area (Å²) in [6.07, 6.45) is 8.48. The third-order valence-corrected chi connectivity index (χ3v) is 4.95. The van der Waals surface area contributed by atoms with E-state index in [2.05, 4.69) is 30.4 Å². The molecule has 0 aromatic rings. The van der Waals surface area contributed by atoms with Gasteiger partial charge in [0.1, 0.15) is 0 Å². The minimum absolute atomic E-state index is 0.281. The van der Waals surface area contributed by atoms with Gasteiger partial charge in [0.25, 0.3) is 0 Å². The minimum Gasteiger partial charge on any atom is -0.360 e. The molecule has 0 spiro atoms. The molecule has 1 aliphatic heterocycles. The van der Waals surface area contributed by atoms with E-state index in [1.165, 1.54) is 48.8 Å². The molecule has 0 saturated carbocycles. The molecule has 0 aromatic heterocycles. The zero-order chi connectivity index (χ0) is 12.6. The number of thioether (sulfide) groups is 2. The summed E-state index contributed by atoms with van der Waals surface area (Å²) >= 11 is 3.82. The van der Waals surface area contributed by atoms with E-state index in [1.807, 2.05) is 23.5 Å². The standard InChI is InChI=1S/C13H26N2S2/c1-4-13(2)8-11-17-12(15-13)14-9-6-5-7-10-16-3/h4-11H2,1-3H3,(H,14,15). The summed E-state index contributed by atoms with van der Waals surface area (Å²) < 4.78 is 0. The summed E-state index contributed by atoms with van der Waals surface area (Å²) in [7, 11) is 0. The Morgan fingerprint density at radius 3 is 2.94 bits per heavy atom. The lowest BCUT2D eigenvalue weighted by Crippen LogP contribution is -2.48. The van der Waals surface area contributed by atoms with E-state index in [1.54, 1.807) is 0 Å². The van der Waals surface area contributed by atoms with Gasteiger partial charge in [-0.15, -0.1) is 0 Å². The Balaban J connectivity index is 2.20. The van der Waals surface area contributed by atoms with Crippen molar-refractivity contribution in [2.75, 3.05) is 24.3 Å². The quantitative estimate of drug-likeness (QED) is 0.715. The van der Waals surface area contributed by atoms with Crippen LogP contribution in [0, 0.1) is 0 Å². The van der Waals surface area contributed by atoms with Gasteiger partial charge in [-0.1, -0.05) is 25.1 Å². The Labute approximate surface area is 115 Å². The lowest BCUT2D eigenvalue weighted by Gasteiger charge is -2.35. The van der Waals surface area contributed by atoms with Crippen molar-refractivity contribution in [2.45, 2.75) is 51.5 Å². The zero-order valence-electron chi connectivity index (χ0n) is 11.4. The molecule has 1 saturated heterocycles. The number of rotatable bonds is 7. The average molecular weight is 274 g/mol. The van der Waals surface area contributed by atoms with Crippen LogP contribution in [0.2, 0.25) is 0 Å². The van der Waals surface area contributed by atoms with E-state index < -0.39 is 0 Å². The average Bonchev–Trinajstić information content (AvgIpc) is 2.34. The fourth-order valence-electron chi connectivity index (χ4n) is 1.80. The van der Waals surface area contributed by atoms with Gasteiger partial charge in [0.2, 0.25) is 0 Å². The second kappa shape index (κ2) is 8.30. The summed E-state index contributed by atoms with van der Waals surface area (Å²) in [6, 6.07) is 0. The van der Waals surface area contributed by atoms with Gasteiger partial charge in [0.05, 0.1) is 0 Å². The third-order valence-electron chi connectivity index (χ3n) is 3.34. The Bertz CT molecular complexity index is 244. The summed E-state index contributed by atoms with van der Waals surface area (Å²) in [4.78, 5) is 4.69. The van der Waals surface area contributed by atoms with Gasteiger partial charge in [-0.3, -0.25) is 4.99 Å². The van der Waals surface area contributed by atoms with Crippen LogP contribution in [0.4, 0.5) is 0 Å². The van der Waals surface area contributed by atoms with Crippen molar-refractivity contribution in [1.82, 2.24) is 5.32 Å². The number of unbranched alkanes of at least 4 members (excludes halogenated alkanes) is 2. The monoisotopic (exact) mass is 274 g/mol. The number of hydrogen-bond acceptors (Lipinski definition) is 3. The minimum atomic E-state index is 0.281. The first-order valence-corrected chi connectivity index (χ1v) is 9.02. The Morgan fingerprint density at radius 2 is 2.24 bits per heavy atom. The fraction of sp³-hybridized carbons (Fsp3) is 0.923. The first-order valence-electron chi connectivity index (χ1n) is 6.64. The van der Waals surface area contributed by atoms with Gasteiger partial charge < -0.3 is 5.32 Å². The SMILES string of the molecule is CCC1(C)CCSC(=NCCCCCSC)N1. The highest BCUT2D eigenvalue weighted by molar-refractivity contribution is 8.13. The molecule has 2 nitrogen and oxygen atoms in total. The largest absolute Gasteiger partial charge is 0.360 e. The first-order chi connectivity index (χ1) is 8.20. The molecule has 0 radical (unpaired) electrons. The van der Waals surface area contributed by atoms with Gasteiger partial charge in [-0.2, -0.15) is 11.8 Å². The van der Waals surface area contributed by atoms with Gasteiger partial charge in [-0.25, -0.2) is 0 Å². The second-order valence-electron chi connectivity index (χ2n) is 4.88. The number of amidine groups is 1. The fourth-order valence-corrected chi connectivity index (χ4v) is 3.54. The Hall–Kier alpha value is 0.170. The highest BCUT2D eigenvalue weighted by Crippen LogP contribution is 2.24. The molecular formula is C13H26N2S2. The molecule has 0 aromatic carbocycles. The number of nitrogens with one attached hydrogen (secondary N) is 1. The maximum absolute atomic E-state index is 4.69. The lowest BCUT2D eigenvalue weighted by atomic mass is 9.96. The predicted octanol–water partition coefficient (Wildman–Crippen LogP) is 3.77. The summed E-state index contributed by atoms with van der Waals surface area (Å²) in [5.41, 5.74) is 0.281. The molecule has 4 heteroatoms. The Morgan fingerprint density at radius 1 is 1.41 bits per heavy atom. The van der Waals surface area contributed by atoms with Crippen molar-refractivity contribution in [3.8, 4) is 0 Å². The second-order valence-corrected chi connectivity index (χ2v) is 6.95. The smallest absolute Gasteiger partial charge is 0.156 e. The van der Waals surface area contributed by atoms with E-state index in [9.17, 15) is 0 Å². The van der Waals surface area contributed by atoms with Crippen LogP contribution in [0.5, 0.6) is 0 Å². The van der Waals surface area contributed by atoms with E-state index in [0.29, 0.717) is 0 Å². The molecule has 0 aliphatic carbocycles. The van der Waals surface area contributed by atoms with Gasteiger partial charge >= 0.3 is 0 Å². The van der Waals surface area contributed by atoms with Crippen molar-refractivity contribution in [3.05, 3.63) is 0 Å².